The van der Waals surface area contributed by atoms with Crippen molar-refractivity contribution in [2.75, 3.05) is 25.2 Å². The van der Waals surface area contributed by atoms with Crippen LogP contribution in [0.5, 0.6) is 11.5 Å². The van der Waals surface area contributed by atoms with E-state index in [9.17, 15) is 14.4 Å². The van der Waals surface area contributed by atoms with Gasteiger partial charge in [0.25, 0.3) is 0 Å². The average Bonchev–Trinajstić information content (AvgIpc) is 3.42. The first kappa shape index (κ1) is 23.2. The maximum atomic E-state index is 14.2. The van der Waals surface area contributed by atoms with E-state index in [4.69, 9.17) is 14.2 Å². The van der Waals surface area contributed by atoms with Crippen molar-refractivity contribution in [1.82, 2.24) is 5.32 Å². The largest absolute Gasteiger partial charge is 0.486 e. The second kappa shape index (κ2) is 8.74. The first-order valence-electron chi connectivity index (χ1n) is 12.2. The van der Waals surface area contributed by atoms with Crippen LogP contribution in [0.25, 0.3) is 0 Å². The number of rotatable bonds is 4. The topological polar surface area (TPSA) is 94.2 Å². The van der Waals surface area contributed by atoms with E-state index in [2.05, 4.69) is 5.32 Å². The number of esters is 1. The molecule has 0 spiro atoms. The molecule has 0 unspecified atom stereocenters. The number of carbonyl (C=O) groups is 3. The number of anilines is 1. The molecular weight excluding hydrogens is 472 g/mol. The van der Waals surface area contributed by atoms with Gasteiger partial charge in [-0.25, -0.2) is 9.69 Å². The van der Waals surface area contributed by atoms with Crippen LogP contribution < -0.4 is 19.7 Å². The Bertz CT molecular complexity index is 1410. The molecule has 0 bridgehead atoms. The number of fused-ring (bicyclic) bond motifs is 2. The first-order valence-corrected chi connectivity index (χ1v) is 12.2. The number of ether oxygens (including phenoxy) is 3. The molecule has 3 aliphatic heterocycles. The van der Waals surface area contributed by atoms with Crippen LogP contribution in [0.15, 0.2) is 72.8 Å². The van der Waals surface area contributed by atoms with Crippen LogP contribution in [0.4, 0.5) is 5.69 Å². The van der Waals surface area contributed by atoms with Gasteiger partial charge in [-0.3, -0.25) is 14.9 Å². The van der Waals surface area contributed by atoms with Crippen LogP contribution in [0, 0.1) is 18.8 Å². The molecule has 0 aromatic heterocycles. The van der Waals surface area contributed by atoms with Gasteiger partial charge in [0.1, 0.15) is 13.2 Å². The molecule has 4 atom stereocenters. The Morgan fingerprint density at radius 2 is 1.65 bits per heavy atom. The predicted molar refractivity (Wildman–Crippen MR) is 134 cm³/mol. The number of imide groups is 1. The molecule has 188 valence electrons. The van der Waals surface area contributed by atoms with E-state index >= 15 is 0 Å². The highest BCUT2D eigenvalue weighted by Crippen LogP contribution is 2.54. The van der Waals surface area contributed by atoms with Crippen molar-refractivity contribution < 1.29 is 28.6 Å². The number of methoxy groups -OCH3 is 1. The van der Waals surface area contributed by atoms with Crippen molar-refractivity contribution in [3.8, 4) is 11.5 Å². The molecule has 3 heterocycles. The van der Waals surface area contributed by atoms with E-state index in [1.54, 1.807) is 42.5 Å². The number of hydrogen-bond acceptors (Lipinski definition) is 7. The predicted octanol–water partition coefficient (Wildman–Crippen LogP) is 3.28. The molecule has 0 saturated carbocycles. The average molecular weight is 499 g/mol. The Kier molecular flexibility index (Phi) is 5.49. The molecule has 0 radical (unpaired) electrons. The lowest BCUT2D eigenvalue weighted by Crippen LogP contribution is -2.53. The number of amides is 2. The van der Waals surface area contributed by atoms with Gasteiger partial charge in [-0.1, -0.05) is 54.6 Å². The summed E-state index contributed by atoms with van der Waals surface area (Å²) in [6.07, 6.45) is 0. The van der Waals surface area contributed by atoms with Gasteiger partial charge in [0, 0.05) is 12.1 Å². The van der Waals surface area contributed by atoms with Crippen molar-refractivity contribution in [3.63, 3.8) is 0 Å². The minimum atomic E-state index is -1.55. The fraction of sp³-hybridized carbons (Fsp3) is 0.276. The molecule has 3 aliphatic rings. The third kappa shape index (κ3) is 3.36. The summed E-state index contributed by atoms with van der Waals surface area (Å²) in [4.78, 5) is 43.2. The van der Waals surface area contributed by atoms with Crippen molar-refractivity contribution in [1.29, 1.82) is 0 Å². The zero-order chi connectivity index (χ0) is 25.7. The zero-order valence-electron chi connectivity index (χ0n) is 20.5. The van der Waals surface area contributed by atoms with Crippen LogP contribution in [0.2, 0.25) is 0 Å². The van der Waals surface area contributed by atoms with Crippen molar-refractivity contribution >= 4 is 23.5 Å². The van der Waals surface area contributed by atoms with Crippen LogP contribution >= 0.6 is 0 Å². The van der Waals surface area contributed by atoms with Gasteiger partial charge in [0.05, 0.1) is 24.6 Å². The van der Waals surface area contributed by atoms with Gasteiger partial charge in [0.2, 0.25) is 11.8 Å². The van der Waals surface area contributed by atoms with E-state index < -0.39 is 35.3 Å². The molecule has 2 amide bonds. The minimum absolute atomic E-state index is 0.377. The number of hydrogen-bond donors (Lipinski definition) is 1. The van der Waals surface area contributed by atoms with Gasteiger partial charge in [-0.15, -0.1) is 0 Å². The van der Waals surface area contributed by atoms with Crippen LogP contribution in [-0.4, -0.2) is 38.1 Å². The van der Waals surface area contributed by atoms with Gasteiger partial charge < -0.3 is 14.2 Å². The third-order valence-electron chi connectivity index (χ3n) is 7.60. The van der Waals surface area contributed by atoms with Gasteiger partial charge in [-0.05, 0) is 35.7 Å². The summed E-state index contributed by atoms with van der Waals surface area (Å²) in [5.41, 5.74) is 1.19. The van der Waals surface area contributed by atoms with Gasteiger partial charge >= 0.3 is 5.97 Å². The fourth-order valence-corrected chi connectivity index (χ4v) is 5.97. The summed E-state index contributed by atoms with van der Waals surface area (Å²) in [5, 5.41) is 3.43. The zero-order valence-corrected chi connectivity index (χ0v) is 20.5. The molecule has 3 aromatic rings. The highest BCUT2D eigenvalue weighted by Gasteiger charge is 2.69. The smallest absolute Gasteiger partial charge is 0.331 e. The van der Waals surface area contributed by atoms with E-state index in [-0.39, 0.29) is 5.91 Å². The molecule has 3 aromatic carbocycles. The van der Waals surface area contributed by atoms with E-state index in [0.29, 0.717) is 36.0 Å². The lowest BCUT2D eigenvalue weighted by atomic mass is 9.75. The monoisotopic (exact) mass is 498 g/mol. The maximum absolute atomic E-state index is 14.2. The number of nitrogens with zero attached hydrogens (tertiary/aromatic N) is 1. The summed E-state index contributed by atoms with van der Waals surface area (Å²) >= 11 is 0. The quantitative estimate of drug-likeness (QED) is 0.436. The Labute approximate surface area is 214 Å². The summed E-state index contributed by atoms with van der Waals surface area (Å²) in [6, 6.07) is 21.1. The van der Waals surface area contributed by atoms with E-state index in [1.165, 1.54) is 12.0 Å². The van der Waals surface area contributed by atoms with Gasteiger partial charge in [0.15, 0.2) is 17.0 Å². The Morgan fingerprint density at radius 1 is 0.946 bits per heavy atom. The molecule has 8 heteroatoms. The summed E-state index contributed by atoms with van der Waals surface area (Å²) in [7, 11) is 1.30. The van der Waals surface area contributed by atoms with Crippen molar-refractivity contribution in [2.45, 2.75) is 18.5 Å². The summed E-state index contributed by atoms with van der Waals surface area (Å²) in [6.45, 7) is 2.76. The molecule has 6 rings (SSSR count). The van der Waals surface area contributed by atoms with E-state index in [1.807, 2.05) is 37.3 Å². The Morgan fingerprint density at radius 3 is 2.38 bits per heavy atom. The number of aryl methyl sites for hydroxylation is 1. The maximum Gasteiger partial charge on any atom is 0.331 e. The molecule has 0 aliphatic carbocycles. The molecular formula is C29H26N2O6. The summed E-state index contributed by atoms with van der Waals surface area (Å²) in [5.74, 6) is -2.29. The lowest BCUT2D eigenvalue weighted by Gasteiger charge is -2.33. The van der Waals surface area contributed by atoms with Crippen LogP contribution in [-0.2, 0) is 24.7 Å². The summed E-state index contributed by atoms with van der Waals surface area (Å²) < 4.78 is 16.6. The van der Waals surface area contributed by atoms with Gasteiger partial charge in [-0.2, -0.15) is 0 Å². The highest BCUT2D eigenvalue weighted by atomic mass is 16.6. The minimum Gasteiger partial charge on any atom is -0.486 e. The SMILES string of the molecule is COC(=O)[C@]1(c2ccccc2)N[C@H](c2ccccc2C)[C@H]2C(=O)N(c3ccc4c(c3)OCCO4)C(=O)[C@H]21. The standard InChI is InChI=1S/C29H26N2O6/c1-17-8-6-7-11-20(17)25-23-24(29(30-25,28(34)35-2)18-9-4-3-5-10-18)27(33)31(26(23)32)19-12-13-21-22(16-19)37-15-14-36-21/h3-13,16,23-25,30H,14-15H2,1-2H3/t23-,24-,25+,29+/m0/s1. The molecule has 1 N–H and O–H groups in total. The number of benzene rings is 3. The fourth-order valence-electron chi connectivity index (χ4n) is 5.97. The number of carbonyl (C=O) groups excluding carboxylic acids is 3. The highest BCUT2D eigenvalue weighted by molar-refractivity contribution is 6.24. The molecule has 2 fully saturated rings. The van der Waals surface area contributed by atoms with Crippen molar-refractivity contribution in [2.24, 2.45) is 11.8 Å². The van der Waals surface area contributed by atoms with Crippen LogP contribution in [0.1, 0.15) is 22.7 Å². The normalized spacial score (nSPS) is 26.2. The van der Waals surface area contributed by atoms with E-state index in [0.717, 1.165) is 11.1 Å². The molecule has 8 nitrogen and oxygen atoms in total. The Hall–Kier alpha value is -4.17. The molecule has 37 heavy (non-hydrogen) atoms. The second-order valence-corrected chi connectivity index (χ2v) is 9.49. The second-order valence-electron chi connectivity index (χ2n) is 9.49. The van der Waals surface area contributed by atoms with Crippen LogP contribution in [0.3, 0.4) is 0 Å². The molecule has 2 saturated heterocycles. The third-order valence-corrected chi connectivity index (χ3v) is 7.60. The number of nitrogens with one attached hydrogen (secondary N) is 1. The van der Waals surface area contributed by atoms with Crippen molar-refractivity contribution in [3.05, 3.63) is 89.5 Å². The lowest BCUT2D eigenvalue weighted by molar-refractivity contribution is -0.152. The first-order chi connectivity index (χ1) is 18.0. The Balaban J connectivity index is 1.54.